The minimum atomic E-state index is -0.359. The Morgan fingerprint density at radius 3 is 2.70 bits per heavy atom. The molecule has 1 aromatic rings. The molecule has 1 aliphatic carbocycles. The minimum Gasteiger partial charge on any atom is -0.379 e. The van der Waals surface area contributed by atoms with Gasteiger partial charge in [0.1, 0.15) is 0 Å². The van der Waals surface area contributed by atoms with Gasteiger partial charge < -0.3 is 20.1 Å². The zero-order chi connectivity index (χ0) is 21.2. The van der Waals surface area contributed by atoms with Crippen LogP contribution in [-0.4, -0.2) is 44.2 Å². The first kappa shape index (κ1) is 22.1. The van der Waals surface area contributed by atoms with Crippen molar-refractivity contribution >= 4 is 11.8 Å². The molecule has 0 saturated heterocycles. The number of nitrogens with one attached hydrogen (secondary N) is 2. The second-order valence-corrected chi connectivity index (χ2v) is 7.60. The smallest absolute Gasteiger partial charge is 0.252 e. The lowest BCUT2D eigenvalue weighted by Gasteiger charge is -2.28. The number of hydrogen-bond acceptors (Lipinski definition) is 4. The SMILES string of the molecule is C#CCNC(=O)C(=C1CCC1)C1CCCCOCCOCc2ccccc2C(=O)N1. The number of terminal acetylenes is 1. The van der Waals surface area contributed by atoms with Crippen molar-refractivity contribution in [2.24, 2.45) is 0 Å². The van der Waals surface area contributed by atoms with Gasteiger partial charge >= 0.3 is 0 Å². The molecular formula is C24H30N2O4. The molecule has 2 N–H and O–H groups in total. The highest BCUT2D eigenvalue weighted by Crippen LogP contribution is 2.31. The van der Waals surface area contributed by atoms with E-state index in [2.05, 4.69) is 16.6 Å². The molecule has 1 unspecified atom stereocenters. The molecule has 1 atom stereocenters. The van der Waals surface area contributed by atoms with Crippen molar-refractivity contribution in [3.63, 3.8) is 0 Å². The number of allylic oxidation sites excluding steroid dienone is 1. The van der Waals surface area contributed by atoms with Crippen molar-refractivity contribution in [2.45, 2.75) is 51.2 Å². The third-order valence-corrected chi connectivity index (χ3v) is 5.51. The molecule has 1 heterocycles. The number of carbonyl (C=O) groups excluding carboxylic acids is 2. The van der Waals surface area contributed by atoms with E-state index in [1.165, 1.54) is 0 Å². The van der Waals surface area contributed by atoms with Crippen LogP contribution in [0.25, 0.3) is 0 Å². The topological polar surface area (TPSA) is 76.7 Å². The maximum atomic E-state index is 13.2. The number of benzene rings is 1. The van der Waals surface area contributed by atoms with Crippen LogP contribution in [0, 0.1) is 12.3 Å². The van der Waals surface area contributed by atoms with Crippen molar-refractivity contribution < 1.29 is 19.1 Å². The standard InChI is InChI=1S/C24H30N2O4/c1-2-13-25-24(28)22(18-9-7-10-18)21-12-5-6-14-29-15-16-30-17-19-8-3-4-11-20(19)23(27)26-21/h1,3-4,8,11,21H,5-7,9-10,12-17H2,(H,25,28)(H,26,27). The van der Waals surface area contributed by atoms with Gasteiger partial charge in [-0.3, -0.25) is 9.59 Å². The summed E-state index contributed by atoms with van der Waals surface area (Å²) >= 11 is 0. The molecule has 1 aliphatic heterocycles. The highest BCUT2D eigenvalue weighted by Gasteiger charge is 2.29. The molecule has 0 spiro atoms. The fourth-order valence-electron chi connectivity index (χ4n) is 3.76. The molecule has 1 fully saturated rings. The summed E-state index contributed by atoms with van der Waals surface area (Å²) in [5, 5.41) is 5.92. The number of carbonyl (C=O) groups is 2. The summed E-state index contributed by atoms with van der Waals surface area (Å²) in [6, 6.07) is 7.05. The van der Waals surface area contributed by atoms with E-state index in [1.807, 2.05) is 18.2 Å². The fraction of sp³-hybridized carbons (Fsp3) is 0.500. The van der Waals surface area contributed by atoms with Crippen LogP contribution in [-0.2, 0) is 20.9 Å². The average Bonchev–Trinajstić information content (AvgIpc) is 2.72. The third-order valence-electron chi connectivity index (χ3n) is 5.51. The van der Waals surface area contributed by atoms with E-state index in [9.17, 15) is 9.59 Å². The minimum absolute atomic E-state index is 0.171. The first-order chi connectivity index (χ1) is 14.7. The van der Waals surface area contributed by atoms with Gasteiger partial charge in [0.25, 0.3) is 5.91 Å². The number of hydrogen-bond donors (Lipinski definition) is 2. The second kappa shape index (κ2) is 11.5. The van der Waals surface area contributed by atoms with Crippen LogP contribution in [0.1, 0.15) is 54.4 Å². The lowest BCUT2D eigenvalue weighted by molar-refractivity contribution is -0.117. The molecule has 2 amide bonds. The Hall–Kier alpha value is -2.62. The van der Waals surface area contributed by atoms with Crippen LogP contribution >= 0.6 is 0 Å². The molecule has 6 heteroatoms. The average molecular weight is 411 g/mol. The first-order valence-electron chi connectivity index (χ1n) is 10.7. The maximum Gasteiger partial charge on any atom is 0.252 e. The lowest BCUT2D eigenvalue weighted by atomic mass is 9.83. The predicted octanol–water partition coefficient (Wildman–Crippen LogP) is 2.73. The second-order valence-electron chi connectivity index (χ2n) is 7.60. The number of ether oxygens (including phenoxy) is 2. The van der Waals surface area contributed by atoms with Crippen LogP contribution in [0.5, 0.6) is 0 Å². The zero-order valence-electron chi connectivity index (χ0n) is 17.4. The Labute approximate surface area is 178 Å². The van der Waals surface area contributed by atoms with Crippen molar-refractivity contribution in [1.29, 1.82) is 0 Å². The Kier molecular flexibility index (Phi) is 8.49. The van der Waals surface area contributed by atoms with Crippen molar-refractivity contribution in [3.05, 3.63) is 46.5 Å². The van der Waals surface area contributed by atoms with Gasteiger partial charge in [0.05, 0.1) is 32.4 Å². The molecule has 2 aliphatic rings. The molecule has 0 radical (unpaired) electrons. The monoisotopic (exact) mass is 410 g/mol. The normalized spacial score (nSPS) is 20.6. The quantitative estimate of drug-likeness (QED) is 0.593. The van der Waals surface area contributed by atoms with Crippen LogP contribution in [0.4, 0.5) is 0 Å². The van der Waals surface area contributed by atoms with E-state index >= 15 is 0 Å². The summed E-state index contributed by atoms with van der Waals surface area (Å²) in [6.07, 6.45) is 10.5. The predicted molar refractivity (Wildman–Crippen MR) is 115 cm³/mol. The van der Waals surface area contributed by atoms with Crippen LogP contribution < -0.4 is 10.6 Å². The molecule has 30 heavy (non-hydrogen) atoms. The number of fused-ring (bicyclic) bond motifs is 1. The summed E-state index contributed by atoms with van der Waals surface area (Å²) in [5.41, 5.74) is 3.18. The molecule has 1 saturated carbocycles. The van der Waals surface area contributed by atoms with Gasteiger partial charge in [-0.1, -0.05) is 29.7 Å². The molecule has 1 aromatic carbocycles. The first-order valence-corrected chi connectivity index (χ1v) is 10.7. The Morgan fingerprint density at radius 1 is 1.13 bits per heavy atom. The van der Waals surface area contributed by atoms with Gasteiger partial charge in [-0.2, -0.15) is 0 Å². The summed E-state index contributed by atoms with van der Waals surface area (Å²) in [7, 11) is 0. The molecule has 0 aromatic heterocycles. The summed E-state index contributed by atoms with van der Waals surface area (Å²) < 4.78 is 11.3. The highest BCUT2D eigenvalue weighted by molar-refractivity contribution is 5.99. The van der Waals surface area contributed by atoms with Gasteiger partial charge in [-0.05, 0) is 50.2 Å². The summed E-state index contributed by atoms with van der Waals surface area (Å²) in [4.78, 5) is 26.1. The molecule has 0 bridgehead atoms. The highest BCUT2D eigenvalue weighted by atomic mass is 16.5. The zero-order valence-corrected chi connectivity index (χ0v) is 17.4. The fourth-order valence-corrected chi connectivity index (χ4v) is 3.76. The van der Waals surface area contributed by atoms with E-state index in [0.717, 1.165) is 43.2 Å². The van der Waals surface area contributed by atoms with Crippen LogP contribution in [0.15, 0.2) is 35.4 Å². The van der Waals surface area contributed by atoms with Crippen molar-refractivity contribution in [3.8, 4) is 12.3 Å². The molecule has 3 rings (SSSR count). The van der Waals surface area contributed by atoms with Crippen LogP contribution in [0.3, 0.4) is 0 Å². The maximum absolute atomic E-state index is 13.2. The largest absolute Gasteiger partial charge is 0.379 e. The van der Waals surface area contributed by atoms with E-state index in [1.54, 1.807) is 6.07 Å². The van der Waals surface area contributed by atoms with Gasteiger partial charge in [0.15, 0.2) is 0 Å². The van der Waals surface area contributed by atoms with E-state index in [0.29, 0.717) is 44.0 Å². The third kappa shape index (κ3) is 5.94. The van der Waals surface area contributed by atoms with Gasteiger partial charge in [-0.15, -0.1) is 6.42 Å². The van der Waals surface area contributed by atoms with Crippen molar-refractivity contribution in [1.82, 2.24) is 10.6 Å². The van der Waals surface area contributed by atoms with E-state index < -0.39 is 0 Å². The Bertz CT molecular complexity index is 819. The van der Waals surface area contributed by atoms with E-state index in [-0.39, 0.29) is 24.4 Å². The summed E-state index contributed by atoms with van der Waals surface area (Å²) in [6.45, 7) is 2.17. The number of amides is 2. The molecular weight excluding hydrogens is 380 g/mol. The Balaban J connectivity index is 1.87. The summed E-state index contributed by atoms with van der Waals surface area (Å²) in [5.74, 6) is 2.09. The number of rotatable bonds is 3. The Morgan fingerprint density at radius 2 is 1.93 bits per heavy atom. The van der Waals surface area contributed by atoms with E-state index in [4.69, 9.17) is 15.9 Å². The van der Waals surface area contributed by atoms with Gasteiger partial charge in [0, 0.05) is 17.7 Å². The lowest BCUT2D eigenvalue weighted by Crippen LogP contribution is -2.43. The van der Waals surface area contributed by atoms with Crippen LogP contribution in [0.2, 0.25) is 0 Å². The molecule has 6 nitrogen and oxygen atoms in total. The van der Waals surface area contributed by atoms with Gasteiger partial charge in [0.2, 0.25) is 5.91 Å². The molecule has 160 valence electrons. The van der Waals surface area contributed by atoms with Gasteiger partial charge in [-0.25, -0.2) is 0 Å². The van der Waals surface area contributed by atoms with Crippen molar-refractivity contribution in [2.75, 3.05) is 26.4 Å².